The Morgan fingerprint density at radius 2 is 1.82 bits per heavy atom. The van der Waals surface area contributed by atoms with Crippen LogP contribution in [0.4, 0.5) is 0 Å². The first-order valence-electron chi connectivity index (χ1n) is 13.5. The number of ether oxygens (including phenoxy) is 2. The molecule has 1 aromatic rings. The Bertz CT molecular complexity index is 1160. The summed E-state index contributed by atoms with van der Waals surface area (Å²) in [7, 11) is 0. The highest BCUT2D eigenvalue weighted by Gasteiger charge is 2.78. The van der Waals surface area contributed by atoms with Gasteiger partial charge in [0.15, 0.2) is 5.78 Å². The molecule has 0 amide bonds. The second-order valence-corrected chi connectivity index (χ2v) is 13.1. The van der Waals surface area contributed by atoms with E-state index in [1.165, 1.54) is 6.92 Å². The molecular formula is C30H37BrO7. The number of rotatable bonds is 5. The molecule has 4 saturated carbocycles. The van der Waals surface area contributed by atoms with E-state index in [0.29, 0.717) is 17.3 Å². The molecule has 1 spiro atoms. The lowest BCUT2D eigenvalue weighted by molar-refractivity contribution is -0.264. The molecule has 0 radical (unpaired) electrons. The Labute approximate surface area is 232 Å². The highest BCUT2D eigenvalue weighted by Crippen LogP contribution is 2.71. The number of aliphatic hydroxyl groups excluding tert-OH is 2. The molecule has 0 saturated heterocycles. The molecule has 8 atom stereocenters. The van der Waals surface area contributed by atoms with Crippen LogP contribution in [0.2, 0.25) is 0 Å². The monoisotopic (exact) mass is 588 g/mol. The van der Waals surface area contributed by atoms with E-state index in [4.69, 9.17) is 9.47 Å². The average Bonchev–Trinajstić information content (AvgIpc) is 3.00. The van der Waals surface area contributed by atoms with Crippen LogP contribution in [0, 0.1) is 34.0 Å². The molecule has 2 N–H and O–H groups in total. The number of esters is 2. The van der Waals surface area contributed by atoms with Crippen molar-refractivity contribution in [1.82, 2.24) is 0 Å². The minimum Gasteiger partial charge on any atom is -0.465 e. The van der Waals surface area contributed by atoms with Gasteiger partial charge in [-0.2, -0.15) is 0 Å². The summed E-state index contributed by atoms with van der Waals surface area (Å²) in [6.07, 6.45) is -0.164. The number of ketones is 1. The summed E-state index contributed by atoms with van der Waals surface area (Å²) in [6, 6.07) is 7.02. The van der Waals surface area contributed by atoms with Crippen molar-refractivity contribution in [3.05, 3.63) is 47.5 Å². The van der Waals surface area contributed by atoms with Gasteiger partial charge in [0.2, 0.25) is 0 Å². The smallest absolute Gasteiger partial charge is 0.338 e. The third-order valence-corrected chi connectivity index (χ3v) is 10.9. The van der Waals surface area contributed by atoms with E-state index in [1.54, 1.807) is 12.1 Å². The lowest BCUT2D eigenvalue weighted by Gasteiger charge is -2.66. The molecule has 1 aromatic carbocycles. The van der Waals surface area contributed by atoms with E-state index >= 15 is 0 Å². The third-order valence-electron chi connectivity index (χ3n) is 10.2. The van der Waals surface area contributed by atoms with Gasteiger partial charge in [-0.05, 0) is 60.3 Å². The van der Waals surface area contributed by atoms with Gasteiger partial charge in [-0.15, -0.1) is 0 Å². The van der Waals surface area contributed by atoms with Crippen LogP contribution in [0.5, 0.6) is 0 Å². The number of carbonyl (C=O) groups excluding carboxylic acids is 3. The average molecular weight is 590 g/mol. The van der Waals surface area contributed by atoms with Crippen LogP contribution >= 0.6 is 15.9 Å². The van der Waals surface area contributed by atoms with Crippen molar-refractivity contribution in [2.45, 2.75) is 76.5 Å². The Kier molecular flexibility index (Phi) is 6.93. The zero-order valence-electron chi connectivity index (χ0n) is 22.2. The first-order chi connectivity index (χ1) is 17.9. The molecular weight excluding hydrogens is 552 g/mol. The number of halogens is 1. The molecule has 0 aliphatic heterocycles. The zero-order chi connectivity index (χ0) is 27.6. The number of alkyl halides is 1. The van der Waals surface area contributed by atoms with E-state index in [0.717, 1.165) is 18.4 Å². The van der Waals surface area contributed by atoms with Gasteiger partial charge in [-0.3, -0.25) is 9.59 Å². The Morgan fingerprint density at radius 1 is 1.13 bits per heavy atom. The number of hydrogen-bond acceptors (Lipinski definition) is 7. The van der Waals surface area contributed by atoms with E-state index in [-0.39, 0.29) is 42.1 Å². The molecule has 2 bridgehead atoms. The summed E-state index contributed by atoms with van der Waals surface area (Å²) in [5, 5.41) is 24.3. The largest absolute Gasteiger partial charge is 0.465 e. The minimum absolute atomic E-state index is 0.0473. The Balaban J connectivity index is 1.62. The van der Waals surface area contributed by atoms with Gasteiger partial charge in [0, 0.05) is 29.5 Å². The van der Waals surface area contributed by atoms with Crippen molar-refractivity contribution in [2.75, 3.05) is 6.61 Å². The first-order valence-corrected chi connectivity index (χ1v) is 14.6. The summed E-state index contributed by atoms with van der Waals surface area (Å²) in [5.41, 5.74) is -0.865. The molecule has 7 nitrogen and oxygen atoms in total. The number of hydrogen-bond donors (Lipinski definition) is 2. The molecule has 0 unspecified atom stereocenters. The van der Waals surface area contributed by atoms with E-state index in [2.05, 4.69) is 36.4 Å². The van der Waals surface area contributed by atoms with Crippen molar-refractivity contribution in [3.8, 4) is 0 Å². The lowest BCUT2D eigenvalue weighted by Crippen LogP contribution is -2.72. The second kappa shape index (κ2) is 9.56. The van der Waals surface area contributed by atoms with Crippen LogP contribution in [0.25, 0.3) is 0 Å². The lowest BCUT2D eigenvalue weighted by atomic mass is 9.39. The summed E-state index contributed by atoms with van der Waals surface area (Å²) in [6.45, 7) is 9.75. The van der Waals surface area contributed by atoms with Crippen LogP contribution in [0.3, 0.4) is 0 Å². The number of fused-ring (bicyclic) bond motifs is 3. The molecule has 206 valence electrons. The van der Waals surface area contributed by atoms with Crippen molar-refractivity contribution in [3.63, 3.8) is 0 Å². The zero-order valence-corrected chi connectivity index (χ0v) is 23.8. The third kappa shape index (κ3) is 3.85. The normalized spacial score (nSPS) is 39.2. The quantitative estimate of drug-likeness (QED) is 0.298. The standard InChI is InChI=1S/C30H37BrO7/c1-16-20-12-21(33)24-29(15-37-17(2)32)11-5-10-28(3,4)22(29)13-23(34)30(24,25(16)35)26(20)38-27(36)19-8-6-18(14-31)7-9-19/h6-9,20-24,26,33-34H,1,5,10-15H2,2-4H3/t20-,21+,22-,23-,24+,26-,29+,30-/m1/s1. The van der Waals surface area contributed by atoms with Crippen LogP contribution in [-0.2, 0) is 24.4 Å². The maximum atomic E-state index is 14.2. The fraction of sp³-hybridized carbons (Fsp3) is 0.633. The maximum absolute atomic E-state index is 14.2. The molecule has 8 heteroatoms. The summed E-state index contributed by atoms with van der Waals surface area (Å²) >= 11 is 3.40. The van der Waals surface area contributed by atoms with Crippen molar-refractivity contribution in [1.29, 1.82) is 0 Å². The van der Waals surface area contributed by atoms with Crippen LogP contribution in [0.1, 0.15) is 68.8 Å². The summed E-state index contributed by atoms with van der Waals surface area (Å²) < 4.78 is 11.8. The molecule has 4 aliphatic rings. The van der Waals surface area contributed by atoms with E-state index < -0.39 is 52.9 Å². The number of Topliss-reactive ketones (excluding diaryl/α,β-unsaturated/α-hetero) is 1. The number of aliphatic hydroxyl groups is 2. The number of benzene rings is 1. The van der Waals surface area contributed by atoms with Crippen LogP contribution < -0.4 is 0 Å². The first kappa shape index (κ1) is 27.5. The van der Waals surface area contributed by atoms with Gasteiger partial charge >= 0.3 is 11.9 Å². The van der Waals surface area contributed by atoms with Crippen molar-refractivity contribution in [2.24, 2.45) is 34.0 Å². The maximum Gasteiger partial charge on any atom is 0.338 e. The Hall–Kier alpha value is -2.03. The highest BCUT2D eigenvalue weighted by atomic mass is 79.9. The van der Waals surface area contributed by atoms with Gasteiger partial charge in [0.25, 0.3) is 0 Å². The van der Waals surface area contributed by atoms with Gasteiger partial charge in [0.1, 0.15) is 11.5 Å². The molecule has 4 aliphatic carbocycles. The minimum atomic E-state index is -1.55. The van der Waals surface area contributed by atoms with Crippen molar-refractivity contribution < 1.29 is 34.1 Å². The second-order valence-electron chi connectivity index (χ2n) is 12.5. The molecule has 38 heavy (non-hydrogen) atoms. The van der Waals surface area contributed by atoms with Crippen molar-refractivity contribution >= 4 is 33.7 Å². The van der Waals surface area contributed by atoms with E-state index in [9.17, 15) is 24.6 Å². The number of carbonyl (C=O) groups is 3. The van der Waals surface area contributed by atoms with Gasteiger partial charge in [0.05, 0.1) is 24.4 Å². The molecule has 4 fully saturated rings. The predicted octanol–water partition coefficient (Wildman–Crippen LogP) is 4.37. The van der Waals surface area contributed by atoms with E-state index in [1.807, 2.05) is 12.1 Å². The van der Waals surface area contributed by atoms with Gasteiger partial charge < -0.3 is 19.7 Å². The van der Waals surface area contributed by atoms with Gasteiger partial charge in [-0.25, -0.2) is 4.79 Å². The van der Waals surface area contributed by atoms with Crippen LogP contribution in [0.15, 0.2) is 36.4 Å². The molecule has 5 rings (SSSR count). The fourth-order valence-electron chi connectivity index (χ4n) is 8.73. The highest BCUT2D eigenvalue weighted by molar-refractivity contribution is 9.08. The predicted molar refractivity (Wildman–Crippen MR) is 143 cm³/mol. The fourth-order valence-corrected chi connectivity index (χ4v) is 9.11. The topological polar surface area (TPSA) is 110 Å². The Morgan fingerprint density at radius 3 is 2.45 bits per heavy atom. The molecule has 0 heterocycles. The molecule has 0 aromatic heterocycles. The summed E-state index contributed by atoms with van der Waals surface area (Å²) in [5.74, 6) is -2.79. The van der Waals surface area contributed by atoms with Gasteiger partial charge in [-0.1, -0.05) is 54.9 Å². The summed E-state index contributed by atoms with van der Waals surface area (Å²) in [4.78, 5) is 39.6. The van der Waals surface area contributed by atoms with Crippen LogP contribution in [-0.4, -0.2) is 52.9 Å². The SMILES string of the molecule is C=C1C(=O)[C@@]23[C@H](O)C[C@@H]4C(C)(C)CCC[C@@]4(COC(C)=O)[C@@H]2[C@@H](O)C[C@H]1[C@H]3OC(=O)c1ccc(CBr)cc1.